The number of likely N-dealkylation sites (N-methyl/N-ethyl adjacent to an activating group) is 1. The summed E-state index contributed by atoms with van der Waals surface area (Å²) in [4.78, 5) is 6.66. The lowest BCUT2D eigenvalue weighted by atomic mass is 9.98. The van der Waals surface area contributed by atoms with Crippen molar-refractivity contribution < 1.29 is 4.42 Å². The van der Waals surface area contributed by atoms with Crippen LogP contribution in [-0.4, -0.2) is 23.5 Å². The lowest BCUT2D eigenvalue weighted by Gasteiger charge is -2.11. The second kappa shape index (κ2) is 9.05. The van der Waals surface area contributed by atoms with E-state index in [-0.39, 0.29) is 5.41 Å². The van der Waals surface area contributed by atoms with Crippen LogP contribution in [0.4, 0.5) is 0 Å². The Morgan fingerprint density at radius 2 is 1.92 bits per heavy atom. The Balaban J connectivity index is 1.83. The van der Waals surface area contributed by atoms with Gasteiger partial charge in [-0.25, -0.2) is 4.98 Å². The maximum atomic E-state index is 5.50. The minimum absolute atomic E-state index is 0.0423. The third-order valence-corrected chi connectivity index (χ3v) is 3.28. The van der Waals surface area contributed by atoms with Crippen LogP contribution in [0, 0.1) is 17.3 Å². The third kappa shape index (κ3) is 7.69. The Kier molecular flexibility index (Phi) is 6.80. The second-order valence-corrected chi connectivity index (χ2v) is 7.04. The van der Waals surface area contributed by atoms with Gasteiger partial charge in [0.15, 0.2) is 0 Å². The number of allylic oxidation sites excluding steroid dienone is 1. The van der Waals surface area contributed by atoms with Gasteiger partial charge in [-0.15, -0.1) is 0 Å². The number of benzene rings is 1. The molecule has 0 amide bonds. The van der Waals surface area contributed by atoms with Crippen molar-refractivity contribution in [2.75, 3.05) is 13.6 Å². The minimum atomic E-state index is 0.0423. The molecule has 0 radical (unpaired) electrons. The fourth-order valence-corrected chi connectivity index (χ4v) is 2.09. The van der Waals surface area contributed by atoms with Crippen LogP contribution in [0.2, 0.25) is 0 Å². The lowest BCUT2D eigenvalue weighted by Crippen LogP contribution is -2.17. The highest BCUT2D eigenvalue weighted by atomic mass is 16.3. The highest BCUT2D eigenvalue weighted by Crippen LogP contribution is 2.10. The van der Waals surface area contributed by atoms with Crippen LogP contribution in [0.1, 0.15) is 37.9 Å². The zero-order chi connectivity index (χ0) is 18.1. The molecule has 0 N–H and O–H groups in total. The quantitative estimate of drug-likeness (QED) is 0.705. The summed E-state index contributed by atoms with van der Waals surface area (Å²) in [6.45, 7) is 7.87. The summed E-state index contributed by atoms with van der Waals surface area (Å²) in [5, 5.41) is 0. The van der Waals surface area contributed by atoms with E-state index in [0.29, 0.717) is 5.89 Å². The van der Waals surface area contributed by atoms with Crippen molar-refractivity contribution in [3.8, 4) is 11.8 Å². The van der Waals surface area contributed by atoms with Crippen molar-refractivity contribution in [3.63, 3.8) is 0 Å². The summed E-state index contributed by atoms with van der Waals surface area (Å²) in [6, 6.07) is 10.1. The van der Waals surface area contributed by atoms with Crippen LogP contribution in [0.15, 0.2) is 53.2 Å². The zero-order valence-electron chi connectivity index (χ0n) is 15.5. The molecule has 0 aliphatic heterocycles. The van der Waals surface area contributed by atoms with Gasteiger partial charge in [-0.1, -0.05) is 48.2 Å². The van der Waals surface area contributed by atoms with Crippen molar-refractivity contribution in [3.05, 3.63) is 65.9 Å². The molecule has 3 heteroatoms. The average molecular weight is 334 g/mol. The molecule has 0 aliphatic rings. The van der Waals surface area contributed by atoms with Gasteiger partial charge in [0.2, 0.25) is 5.89 Å². The summed E-state index contributed by atoms with van der Waals surface area (Å²) < 4.78 is 5.50. The number of hydrogen-bond acceptors (Lipinski definition) is 3. The first-order valence-electron chi connectivity index (χ1n) is 8.46. The number of rotatable bonds is 6. The van der Waals surface area contributed by atoms with Crippen LogP contribution in [0.25, 0.3) is 12.2 Å². The van der Waals surface area contributed by atoms with Crippen molar-refractivity contribution in [2.24, 2.45) is 5.41 Å². The number of nitrogens with zero attached hydrogens (tertiary/aromatic N) is 2. The predicted molar refractivity (Wildman–Crippen MR) is 105 cm³/mol. The number of hydrogen-bond donors (Lipinski definition) is 0. The maximum absolute atomic E-state index is 5.50. The average Bonchev–Trinajstić information content (AvgIpc) is 3.00. The number of aromatic nitrogens is 1. The molecule has 0 saturated heterocycles. The molecule has 1 aromatic carbocycles. The van der Waals surface area contributed by atoms with Gasteiger partial charge in [-0.2, -0.15) is 0 Å². The van der Waals surface area contributed by atoms with Crippen LogP contribution in [-0.2, 0) is 6.54 Å². The Hall–Kier alpha value is -2.57. The molecule has 25 heavy (non-hydrogen) atoms. The first-order chi connectivity index (χ1) is 11.9. The van der Waals surface area contributed by atoms with E-state index in [1.54, 1.807) is 6.26 Å². The fraction of sp³-hybridized carbons (Fsp3) is 0.318. The van der Waals surface area contributed by atoms with Gasteiger partial charge in [0.1, 0.15) is 6.26 Å². The molecular weight excluding hydrogens is 308 g/mol. The SMILES string of the molecule is CN(C/C=C/C#CC(C)(C)C)Cc1coc(/C=C/c2ccccc2)n1. The van der Waals surface area contributed by atoms with Gasteiger partial charge >= 0.3 is 0 Å². The summed E-state index contributed by atoms with van der Waals surface area (Å²) in [5.41, 5.74) is 2.09. The number of oxazole rings is 1. The summed E-state index contributed by atoms with van der Waals surface area (Å²) >= 11 is 0. The molecule has 130 valence electrons. The first-order valence-corrected chi connectivity index (χ1v) is 8.46. The maximum Gasteiger partial charge on any atom is 0.218 e. The molecular formula is C22H26N2O. The second-order valence-electron chi connectivity index (χ2n) is 7.04. The zero-order valence-corrected chi connectivity index (χ0v) is 15.5. The molecule has 0 fully saturated rings. The van der Waals surface area contributed by atoms with Crippen molar-refractivity contribution in [2.45, 2.75) is 27.3 Å². The lowest BCUT2D eigenvalue weighted by molar-refractivity contribution is 0.358. The van der Waals surface area contributed by atoms with Crippen molar-refractivity contribution in [1.29, 1.82) is 0 Å². The molecule has 2 rings (SSSR count). The molecule has 0 atom stereocenters. The van der Waals surface area contributed by atoms with E-state index in [2.05, 4.69) is 55.6 Å². The standard InChI is InChI=1S/C22H26N2O/c1-22(2,3)15-9-6-10-16-24(4)17-20-18-25-21(23-20)14-13-19-11-7-5-8-12-19/h5-8,10-14,18H,16-17H2,1-4H3/b10-6+,14-13+. The minimum Gasteiger partial charge on any atom is -0.445 e. The van der Waals surface area contributed by atoms with Gasteiger partial charge < -0.3 is 4.42 Å². The van der Waals surface area contributed by atoms with Crippen LogP contribution in [0.5, 0.6) is 0 Å². The molecule has 0 saturated carbocycles. The summed E-state index contributed by atoms with van der Waals surface area (Å²) in [5.74, 6) is 6.89. The topological polar surface area (TPSA) is 29.3 Å². The predicted octanol–water partition coefficient (Wildman–Crippen LogP) is 4.88. The summed E-state index contributed by atoms with van der Waals surface area (Å²) in [6.07, 6.45) is 9.58. The van der Waals surface area contributed by atoms with Crippen LogP contribution in [0.3, 0.4) is 0 Å². The monoisotopic (exact) mass is 334 g/mol. The van der Waals surface area contributed by atoms with E-state index in [1.807, 2.05) is 48.6 Å². The Labute approximate surface area is 151 Å². The van der Waals surface area contributed by atoms with Gasteiger partial charge in [0.25, 0.3) is 0 Å². The van der Waals surface area contributed by atoms with E-state index >= 15 is 0 Å². The van der Waals surface area contributed by atoms with Crippen LogP contribution < -0.4 is 0 Å². The molecule has 0 unspecified atom stereocenters. The van der Waals surface area contributed by atoms with E-state index in [4.69, 9.17) is 4.42 Å². The normalized spacial score (nSPS) is 12.0. The highest BCUT2D eigenvalue weighted by molar-refractivity contribution is 5.65. The van der Waals surface area contributed by atoms with Gasteiger partial charge in [-0.3, -0.25) is 4.90 Å². The highest BCUT2D eigenvalue weighted by Gasteiger charge is 2.04. The van der Waals surface area contributed by atoms with Crippen molar-refractivity contribution >= 4 is 12.2 Å². The molecule has 2 aromatic rings. The third-order valence-electron chi connectivity index (χ3n) is 3.28. The van der Waals surface area contributed by atoms with E-state index in [9.17, 15) is 0 Å². The summed E-state index contributed by atoms with van der Waals surface area (Å²) in [7, 11) is 2.05. The molecule has 1 aromatic heterocycles. The van der Waals surface area contributed by atoms with Crippen LogP contribution >= 0.6 is 0 Å². The smallest absolute Gasteiger partial charge is 0.218 e. The van der Waals surface area contributed by atoms with Gasteiger partial charge in [0.05, 0.1) is 5.69 Å². The molecule has 1 heterocycles. The van der Waals surface area contributed by atoms with E-state index < -0.39 is 0 Å². The molecule has 3 nitrogen and oxygen atoms in total. The molecule has 0 spiro atoms. The molecule has 0 bridgehead atoms. The Morgan fingerprint density at radius 1 is 1.16 bits per heavy atom. The Bertz CT molecular complexity index is 768. The Morgan fingerprint density at radius 3 is 2.64 bits per heavy atom. The first kappa shape index (κ1) is 18.8. The van der Waals surface area contributed by atoms with Gasteiger partial charge in [0, 0.05) is 24.6 Å². The van der Waals surface area contributed by atoms with Crippen molar-refractivity contribution in [1.82, 2.24) is 9.88 Å². The fourth-order valence-electron chi connectivity index (χ4n) is 2.09. The van der Waals surface area contributed by atoms with E-state index in [0.717, 1.165) is 24.3 Å². The van der Waals surface area contributed by atoms with E-state index in [1.165, 1.54) is 0 Å². The molecule has 0 aliphatic carbocycles. The largest absolute Gasteiger partial charge is 0.445 e. The van der Waals surface area contributed by atoms with Gasteiger partial charge in [-0.05, 0) is 45.5 Å².